The van der Waals surface area contributed by atoms with Gasteiger partial charge in [0.05, 0.1) is 14.9 Å². The number of hydrogen-bond acceptors (Lipinski definition) is 4. The molecule has 0 aromatic heterocycles. The molecule has 6 nitrogen and oxygen atoms in total. The number of nitro groups is 2. The van der Waals surface area contributed by atoms with Gasteiger partial charge in [0.25, 0.3) is 5.69 Å². The van der Waals surface area contributed by atoms with Crippen LogP contribution in [0.3, 0.4) is 0 Å². The lowest BCUT2D eigenvalue weighted by atomic mass is 10.2. The number of hydrogen-bond donors (Lipinski definition) is 0. The van der Waals surface area contributed by atoms with Crippen LogP contribution in [0.25, 0.3) is 0 Å². The van der Waals surface area contributed by atoms with E-state index < -0.39 is 66.4 Å². The van der Waals surface area contributed by atoms with Crippen LogP contribution < -0.4 is 0 Å². The van der Waals surface area contributed by atoms with Crippen molar-refractivity contribution in [1.29, 1.82) is 0 Å². The highest BCUT2D eigenvalue weighted by Crippen LogP contribution is 2.41. The van der Waals surface area contributed by atoms with Crippen LogP contribution >= 0.6 is 23.2 Å². The van der Waals surface area contributed by atoms with Gasteiger partial charge in [-0.2, -0.15) is 30.7 Å². The van der Waals surface area contributed by atoms with Gasteiger partial charge >= 0.3 is 18.0 Å². The molecule has 0 bridgehead atoms. The van der Waals surface area contributed by atoms with Crippen molar-refractivity contribution in [2.45, 2.75) is 12.4 Å². The zero-order chi connectivity index (χ0) is 23.6. The van der Waals surface area contributed by atoms with Crippen LogP contribution in [-0.2, 0) is 12.4 Å². The van der Waals surface area contributed by atoms with E-state index >= 15 is 0 Å². The second-order valence-electron chi connectivity index (χ2n) is 5.02. The first kappa shape index (κ1) is 25.3. The largest absolute Gasteiger partial charge is 0.420 e. The SMILES string of the molecule is O=[N+]([O-])c1ccc(Cl)c(C(F)(F)F)c1F.O=[N+]([O-])c1ccc(F)c(C(F)(F)F)c1Cl. The van der Waals surface area contributed by atoms with Crippen LogP contribution in [0.5, 0.6) is 0 Å². The zero-order valence-electron chi connectivity index (χ0n) is 13.6. The van der Waals surface area contributed by atoms with Gasteiger partial charge in [0, 0.05) is 12.1 Å². The number of rotatable bonds is 2. The minimum absolute atomic E-state index is 0.354. The lowest BCUT2D eigenvalue weighted by Crippen LogP contribution is -2.10. The normalized spacial score (nSPS) is 11.5. The molecule has 0 saturated heterocycles. The number of halogens is 10. The van der Waals surface area contributed by atoms with Gasteiger partial charge in [-0.1, -0.05) is 23.2 Å². The summed E-state index contributed by atoms with van der Waals surface area (Å²) in [6.45, 7) is 0. The maximum absolute atomic E-state index is 13.0. The number of alkyl halides is 6. The van der Waals surface area contributed by atoms with E-state index in [-0.39, 0.29) is 0 Å². The van der Waals surface area contributed by atoms with Gasteiger partial charge in [0.1, 0.15) is 22.0 Å². The average Bonchev–Trinajstić information content (AvgIpc) is 2.52. The molecule has 0 radical (unpaired) electrons. The Kier molecular flexibility index (Phi) is 7.55. The summed E-state index contributed by atoms with van der Waals surface area (Å²) in [6, 6.07) is 2.14. The van der Waals surface area contributed by atoms with Crippen molar-refractivity contribution in [3.05, 3.63) is 77.3 Å². The van der Waals surface area contributed by atoms with Crippen molar-refractivity contribution in [3.8, 4) is 0 Å². The molecule has 16 heteroatoms. The molecule has 0 aliphatic rings. The van der Waals surface area contributed by atoms with E-state index in [0.717, 1.165) is 0 Å². The third-order valence-corrected chi connectivity index (χ3v) is 3.80. The maximum atomic E-state index is 13.0. The highest BCUT2D eigenvalue weighted by molar-refractivity contribution is 6.33. The summed E-state index contributed by atoms with van der Waals surface area (Å²) in [4.78, 5) is 18.0. The van der Waals surface area contributed by atoms with Crippen LogP contribution in [0.2, 0.25) is 10.0 Å². The summed E-state index contributed by atoms with van der Waals surface area (Å²) in [7, 11) is 0. The number of nitrogens with zero attached hydrogens (tertiary/aromatic N) is 2. The second kappa shape index (κ2) is 8.95. The van der Waals surface area contributed by atoms with Crippen molar-refractivity contribution in [2.24, 2.45) is 0 Å². The summed E-state index contributed by atoms with van der Waals surface area (Å²) in [5, 5.41) is 18.3. The van der Waals surface area contributed by atoms with E-state index in [1.54, 1.807) is 0 Å². The first-order valence-corrected chi connectivity index (χ1v) is 7.64. The molecule has 2 aromatic carbocycles. The Bertz CT molecular complexity index is 916. The smallest absolute Gasteiger partial charge is 0.258 e. The fourth-order valence-corrected chi connectivity index (χ4v) is 2.47. The monoisotopic (exact) mass is 486 g/mol. The Balaban J connectivity index is 0.000000300. The van der Waals surface area contributed by atoms with Gasteiger partial charge in [-0.25, -0.2) is 4.39 Å². The van der Waals surface area contributed by atoms with Crippen molar-refractivity contribution >= 4 is 34.6 Å². The van der Waals surface area contributed by atoms with E-state index in [0.29, 0.717) is 24.3 Å². The Labute approximate surface area is 169 Å². The molecule has 30 heavy (non-hydrogen) atoms. The Morgan fingerprint density at radius 1 is 0.733 bits per heavy atom. The molecule has 0 fully saturated rings. The second-order valence-corrected chi connectivity index (χ2v) is 5.81. The standard InChI is InChI=1S/2C7H2ClF4NO2/c8-6-4(13(14)15)2-1-3(9)5(6)7(10,11)12;8-3-1-2-4(13(14)15)6(9)5(3)7(10,11)12/h2*1-2H. The third kappa shape index (κ3) is 5.66. The Morgan fingerprint density at radius 2 is 1.17 bits per heavy atom. The summed E-state index contributed by atoms with van der Waals surface area (Å²) in [5.41, 5.74) is -5.88. The van der Waals surface area contributed by atoms with E-state index in [9.17, 15) is 55.4 Å². The van der Waals surface area contributed by atoms with Gasteiger partial charge in [-0.05, 0) is 12.1 Å². The summed E-state index contributed by atoms with van der Waals surface area (Å²) in [5.74, 6) is -3.61. The molecular weight excluding hydrogens is 483 g/mol. The minimum Gasteiger partial charge on any atom is -0.258 e. The average molecular weight is 487 g/mol. The van der Waals surface area contributed by atoms with Gasteiger partial charge in [0.15, 0.2) is 0 Å². The van der Waals surface area contributed by atoms with Crippen LogP contribution in [-0.4, -0.2) is 9.85 Å². The van der Waals surface area contributed by atoms with Gasteiger partial charge in [0.2, 0.25) is 5.82 Å². The molecular formula is C14H4Cl2F8N2O4. The van der Waals surface area contributed by atoms with Crippen LogP contribution in [0.1, 0.15) is 11.1 Å². The van der Waals surface area contributed by atoms with Gasteiger partial charge < -0.3 is 0 Å². The summed E-state index contributed by atoms with van der Waals surface area (Å²) >= 11 is 10.2. The van der Waals surface area contributed by atoms with Crippen molar-refractivity contribution in [1.82, 2.24) is 0 Å². The number of nitro benzene ring substituents is 2. The van der Waals surface area contributed by atoms with Crippen LogP contribution in [0.4, 0.5) is 46.5 Å². The van der Waals surface area contributed by atoms with Gasteiger partial charge in [-0.15, -0.1) is 0 Å². The molecule has 0 atom stereocenters. The lowest BCUT2D eigenvalue weighted by Gasteiger charge is -2.09. The van der Waals surface area contributed by atoms with E-state index in [2.05, 4.69) is 0 Å². The summed E-state index contributed by atoms with van der Waals surface area (Å²) in [6.07, 6.45) is -10.1. The van der Waals surface area contributed by atoms with Crippen molar-refractivity contribution in [3.63, 3.8) is 0 Å². The maximum Gasteiger partial charge on any atom is 0.420 e. The molecule has 0 aliphatic carbocycles. The molecule has 0 N–H and O–H groups in total. The van der Waals surface area contributed by atoms with Crippen molar-refractivity contribution < 1.29 is 45.0 Å². The van der Waals surface area contributed by atoms with Gasteiger partial charge in [-0.3, -0.25) is 20.2 Å². The molecule has 164 valence electrons. The fraction of sp³-hybridized carbons (Fsp3) is 0.143. The third-order valence-electron chi connectivity index (χ3n) is 3.10. The highest BCUT2D eigenvalue weighted by atomic mass is 35.5. The molecule has 0 unspecified atom stereocenters. The van der Waals surface area contributed by atoms with Crippen LogP contribution in [0.15, 0.2) is 24.3 Å². The fourth-order valence-electron chi connectivity index (χ4n) is 1.88. The Morgan fingerprint density at radius 3 is 1.57 bits per heavy atom. The van der Waals surface area contributed by atoms with E-state index in [4.69, 9.17) is 23.2 Å². The quantitative estimate of drug-likeness (QED) is 0.265. The van der Waals surface area contributed by atoms with E-state index in [1.165, 1.54) is 0 Å². The summed E-state index contributed by atoms with van der Waals surface area (Å²) < 4.78 is 99.0. The number of benzene rings is 2. The van der Waals surface area contributed by atoms with Crippen molar-refractivity contribution in [2.75, 3.05) is 0 Å². The van der Waals surface area contributed by atoms with E-state index in [1.807, 2.05) is 0 Å². The topological polar surface area (TPSA) is 86.3 Å². The predicted octanol–water partition coefficient (Wildman–Crippen LogP) is 6.81. The first-order valence-electron chi connectivity index (χ1n) is 6.89. The first-order chi connectivity index (χ1) is 13.5. The highest BCUT2D eigenvalue weighted by Gasteiger charge is 2.40. The molecule has 0 aliphatic heterocycles. The molecule has 2 aromatic rings. The lowest BCUT2D eigenvalue weighted by molar-refractivity contribution is -0.387. The Hall–Kier alpha value is -2.74. The molecule has 0 saturated carbocycles. The molecule has 2 rings (SSSR count). The molecule has 0 heterocycles. The van der Waals surface area contributed by atoms with Crippen LogP contribution in [0, 0.1) is 31.9 Å². The predicted molar refractivity (Wildman–Crippen MR) is 86.1 cm³/mol. The minimum atomic E-state index is -5.06. The zero-order valence-corrected chi connectivity index (χ0v) is 15.1. The molecule has 0 spiro atoms. The molecule has 0 amide bonds.